The second kappa shape index (κ2) is 48.8. The molecule has 0 fully saturated rings. The summed E-state index contributed by atoms with van der Waals surface area (Å²) >= 11 is 0. The Morgan fingerprint density at radius 1 is 0.350 bits per heavy atom. The number of hydrogen-bond acceptors (Lipinski definition) is 6. The molecule has 0 N–H and O–H groups in total. The molecule has 0 rings (SSSR count). The van der Waals surface area contributed by atoms with Crippen molar-refractivity contribution >= 4 is 17.9 Å². The van der Waals surface area contributed by atoms with E-state index >= 15 is 0 Å². The lowest BCUT2D eigenvalue weighted by atomic mass is 10.1. The summed E-state index contributed by atoms with van der Waals surface area (Å²) in [5, 5.41) is 0. The van der Waals surface area contributed by atoms with E-state index in [1.807, 2.05) is 0 Å². The minimum absolute atomic E-state index is 0.0945. The van der Waals surface area contributed by atoms with Crippen LogP contribution in [0.5, 0.6) is 0 Å². The Labute approximate surface area is 370 Å². The van der Waals surface area contributed by atoms with E-state index in [4.69, 9.17) is 14.2 Å². The Kier molecular flexibility index (Phi) is 46.4. The molecule has 0 aromatic carbocycles. The molecule has 0 bridgehead atoms. The maximum atomic E-state index is 12.8. The smallest absolute Gasteiger partial charge is 0.306 e. The molecule has 6 heteroatoms. The summed E-state index contributed by atoms with van der Waals surface area (Å²) in [6, 6.07) is 0. The molecule has 60 heavy (non-hydrogen) atoms. The first-order valence-corrected chi connectivity index (χ1v) is 25.3. The fourth-order valence-electron chi connectivity index (χ4n) is 6.92. The first-order chi connectivity index (χ1) is 29.5. The monoisotopic (exact) mass is 839 g/mol. The first kappa shape index (κ1) is 57.1. The summed E-state index contributed by atoms with van der Waals surface area (Å²) in [7, 11) is 0. The van der Waals surface area contributed by atoms with Crippen LogP contribution in [0, 0.1) is 0 Å². The van der Waals surface area contributed by atoms with Crippen LogP contribution < -0.4 is 0 Å². The van der Waals surface area contributed by atoms with Crippen molar-refractivity contribution in [1.29, 1.82) is 0 Å². The SMILES string of the molecule is CC/C=C\C/C=C\C/C=C\CCCCC(=O)OCC(COC(=O)CCCCCCCCC/C=C\CCCCCCCC)OC(=O)CCCCC/C=C\CCCCCCCC. The van der Waals surface area contributed by atoms with Crippen LogP contribution in [0.2, 0.25) is 0 Å². The zero-order chi connectivity index (χ0) is 43.7. The van der Waals surface area contributed by atoms with Crippen LogP contribution in [0.1, 0.15) is 245 Å². The minimum Gasteiger partial charge on any atom is -0.462 e. The Balaban J connectivity index is 4.41. The number of unbranched alkanes of at least 4 members (excludes halogenated alkanes) is 24. The fourth-order valence-corrected chi connectivity index (χ4v) is 6.92. The fraction of sp³-hybridized carbons (Fsp3) is 0.759. The van der Waals surface area contributed by atoms with Crippen LogP contribution in [0.4, 0.5) is 0 Å². The van der Waals surface area contributed by atoms with Crippen molar-refractivity contribution in [1.82, 2.24) is 0 Å². The van der Waals surface area contributed by atoms with Crippen LogP contribution in [0.25, 0.3) is 0 Å². The summed E-state index contributed by atoms with van der Waals surface area (Å²) in [6.07, 6.45) is 59.2. The van der Waals surface area contributed by atoms with E-state index in [2.05, 4.69) is 81.5 Å². The summed E-state index contributed by atoms with van der Waals surface area (Å²) in [4.78, 5) is 37.9. The molecule has 0 aromatic heterocycles. The van der Waals surface area contributed by atoms with Gasteiger partial charge in [0.1, 0.15) is 13.2 Å². The highest BCUT2D eigenvalue weighted by Crippen LogP contribution is 2.14. The van der Waals surface area contributed by atoms with Gasteiger partial charge in [-0.05, 0) is 103 Å². The van der Waals surface area contributed by atoms with Gasteiger partial charge in [0, 0.05) is 19.3 Å². The summed E-state index contributed by atoms with van der Waals surface area (Å²) in [6.45, 7) is 6.46. The molecule has 0 aliphatic carbocycles. The van der Waals surface area contributed by atoms with Crippen molar-refractivity contribution < 1.29 is 28.6 Å². The molecule has 0 aliphatic rings. The van der Waals surface area contributed by atoms with Crippen molar-refractivity contribution in [3.8, 4) is 0 Å². The molecule has 0 heterocycles. The second-order valence-corrected chi connectivity index (χ2v) is 16.7. The highest BCUT2D eigenvalue weighted by molar-refractivity contribution is 5.71. The molecule has 0 spiro atoms. The summed E-state index contributed by atoms with van der Waals surface area (Å²) < 4.78 is 16.7. The number of allylic oxidation sites excluding steroid dienone is 10. The van der Waals surface area contributed by atoms with Gasteiger partial charge < -0.3 is 14.2 Å². The van der Waals surface area contributed by atoms with Gasteiger partial charge in [0.2, 0.25) is 0 Å². The van der Waals surface area contributed by atoms with Gasteiger partial charge in [-0.25, -0.2) is 0 Å². The van der Waals surface area contributed by atoms with Crippen molar-refractivity contribution in [2.75, 3.05) is 13.2 Å². The third-order valence-electron chi connectivity index (χ3n) is 10.7. The lowest BCUT2D eigenvalue weighted by molar-refractivity contribution is -0.167. The first-order valence-electron chi connectivity index (χ1n) is 25.3. The van der Waals surface area contributed by atoms with Crippen LogP contribution in [-0.4, -0.2) is 37.2 Å². The number of hydrogen-bond donors (Lipinski definition) is 0. The molecule has 346 valence electrons. The maximum absolute atomic E-state index is 12.8. The molecular formula is C54H94O6. The molecule has 0 radical (unpaired) electrons. The average Bonchev–Trinajstić information content (AvgIpc) is 3.24. The second-order valence-electron chi connectivity index (χ2n) is 16.7. The third-order valence-corrected chi connectivity index (χ3v) is 10.7. The quantitative estimate of drug-likeness (QED) is 0.0263. The lowest BCUT2D eigenvalue weighted by Gasteiger charge is -2.18. The lowest BCUT2D eigenvalue weighted by Crippen LogP contribution is -2.30. The molecule has 0 saturated heterocycles. The van der Waals surface area contributed by atoms with E-state index in [0.29, 0.717) is 19.3 Å². The summed E-state index contributed by atoms with van der Waals surface area (Å²) in [5.41, 5.74) is 0. The van der Waals surface area contributed by atoms with E-state index in [0.717, 1.165) is 89.9 Å². The normalized spacial score (nSPS) is 12.5. The number of carbonyl (C=O) groups excluding carboxylic acids is 3. The van der Waals surface area contributed by atoms with Crippen molar-refractivity contribution in [2.45, 2.75) is 252 Å². The van der Waals surface area contributed by atoms with Crippen LogP contribution in [0.3, 0.4) is 0 Å². The molecule has 0 aromatic rings. The third kappa shape index (κ3) is 46.2. The zero-order valence-corrected chi connectivity index (χ0v) is 39.5. The predicted molar refractivity (Wildman–Crippen MR) is 256 cm³/mol. The number of ether oxygens (including phenoxy) is 3. The molecule has 0 aliphatic heterocycles. The van der Waals surface area contributed by atoms with Gasteiger partial charge in [0.25, 0.3) is 0 Å². The summed E-state index contributed by atoms with van der Waals surface area (Å²) in [5.74, 6) is -0.954. The van der Waals surface area contributed by atoms with Crippen LogP contribution >= 0.6 is 0 Å². The van der Waals surface area contributed by atoms with Crippen molar-refractivity contribution in [2.24, 2.45) is 0 Å². The molecular weight excluding hydrogens is 745 g/mol. The minimum atomic E-state index is -0.797. The number of esters is 3. The molecule has 1 atom stereocenters. The number of rotatable bonds is 45. The average molecular weight is 839 g/mol. The van der Waals surface area contributed by atoms with Gasteiger partial charge in [0.15, 0.2) is 6.10 Å². The largest absolute Gasteiger partial charge is 0.462 e. The van der Waals surface area contributed by atoms with E-state index in [9.17, 15) is 14.4 Å². The van der Waals surface area contributed by atoms with E-state index < -0.39 is 6.10 Å². The van der Waals surface area contributed by atoms with Gasteiger partial charge >= 0.3 is 17.9 Å². The molecule has 0 amide bonds. The van der Waals surface area contributed by atoms with E-state index in [1.54, 1.807) is 0 Å². The van der Waals surface area contributed by atoms with Crippen LogP contribution in [-0.2, 0) is 28.6 Å². The highest BCUT2D eigenvalue weighted by Gasteiger charge is 2.19. The van der Waals surface area contributed by atoms with Gasteiger partial charge in [-0.15, -0.1) is 0 Å². The Morgan fingerprint density at radius 2 is 0.650 bits per heavy atom. The van der Waals surface area contributed by atoms with Crippen LogP contribution in [0.15, 0.2) is 60.8 Å². The maximum Gasteiger partial charge on any atom is 0.306 e. The van der Waals surface area contributed by atoms with E-state index in [-0.39, 0.29) is 31.1 Å². The topological polar surface area (TPSA) is 78.9 Å². The van der Waals surface area contributed by atoms with Gasteiger partial charge in [-0.3, -0.25) is 14.4 Å². The van der Waals surface area contributed by atoms with Gasteiger partial charge in [0.05, 0.1) is 0 Å². The molecule has 1 unspecified atom stereocenters. The predicted octanol–water partition coefficient (Wildman–Crippen LogP) is 16.5. The van der Waals surface area contributed by atoms with Crippen molar-refractivity contribution in [3.05, 3.63) is 60.8 Å². The zero-order valence-electron chi connectivity index (χ0n) is 39.5. The van der Waals surface area contributed by atoms with E-state index in [1.165, 1.54) is 116 Å². The standard InChI is InChI=1S/C54H94O6/c1-4-7-10-13-16-19-22-25-26-27-28-30-32-35-38-41-44-47-53(56)59-50-51(49-58-52(55)46-43-40-37-34-31-24-21-18-15-12-9-6-3)60-54(57)48-45-42-39-36-33-29-23-20-17-14-11-8-5-2/h9,12,18,21,25-26,29,31,33-34,51H,4-8,10-11,13-17,19-20,22-24,27-28,30,32,35-50H2,1-3H3/b12-9-,21-18-,26-25-,33-29-,34-31-. The number of carbonyl (C=O) groups is 3. The van der Waals surface area contributed by atoms with Gasteiger partial charge in [-0.2, -0.15) is 0 Å². The Hall–Kier alpha value is -2.89. The Bertz CT molecular complexity index is 1100. The molecule has 0 saturated carbocycles. The highest BCUT2D eigenvalue weighted by atomic mass is 16.6. The van der Waals surface area contributed by atoms with Gasteiger partial charge in [-0.1, -0.05) is 184 Å². The molecule has 6 nitrogen and oxygen atoms in total. The van der Waals surface area contributed by atoms with Crippen molar-refractivity contribution in [3.63, 3.8) is 0 Å². The Morgan fingerprint density at radius 3 is 1.08 bits per heavy atom.